The van der Waals surface area contributed by atoms with Crippen LogP contribution in [0, 0.1) is 0 Å². The maximum atomic E-state index is 10.5. The maximum absolute atomic E-state index is 10.5. The van der Waals surface area contributed by atoms with Gasteiger partial charge in [-0.3, -0.25) is 4.90 Å². The van der Waals surface area contributed by atoms with E-state index in [0.29, 0.717) is 13.2 Å². The van der Waals surface area contributed by atoms with E-state index in [0.717, 1.165) is 54.1 Å². The van der Waals surface area contributed by atoms with Gasteiger partial charge in [0.2, 0.25) is 0 Å². The zero-order valence-electron chi connectivity index (χ0n) is 17.7. The van der Waals surface area contributed by atoms with Crippen molar-refractivity contribution in [3.05, 3.63) is 66.7 Å². The second-order valence-corrected chi connectivity index (χ2v) is 7.40. The van der Waals surface area contributed by atoms with E-state index >= 15 is 0 Å². The standard InChI is InChI=1S/C24H28N2O3.ClH.H2O/c1-28-24-11-5-4-10-22(24)26-15-13-25(14-16-26)17-20(27)18-29-23-12-6-8-19-7-2-3-9-21(19)23;;/h2-12,20,27H,13-18H2,1H3;1H;1H2/p-1. The number of ether oxygens (including phenoxy) is 2. The second-order valence-electron chi connectivity index (χ2n) is 7.40. The molecule has 1 aliphatic heterocycles. The number of piperazine rings is 1. The number of benzene rings is 3. The third-order valence-electron chi connectivity index (χ3n) is 5.45. The maximum Gasteiger partial charge on any atom is 0.142 e. The number of anilines is 1. The van der Waals surface area contributed by atoms with Gasteiger partial charge in [-0.15, -0.1) is 0 Å². The quantitative estimate of drug-likeness (QED) is 0.535. The van der Waals surface area contributed by atoms with Crippen LogP contribution in [-0.2, 0) is 0 Å². The molecule has 1 aliphatic rings. The van der Waals surface area contributed by atoms with Crippen LogP contribution in [0.2, 0.25) is 0 Å². The fourth-order valence-corrected chi connectivity index (χ4v) is 3.92. The lowest BCUT2D eigenvalue weighted by Crippen LogP contribution is -3.00. The van der Waals surface area contributed by atoms with Gasteiger partial charge in [-0.05, 0) is 23.6 Å². The molecule has 1 saturated heterocycles. The van der Waals surface area contributed by atoms with Gasteiger partial charge in [-0.25, -0.2) is 0 Å². The van der Waals surface area contributed by atoms with Gasteiger partial charge in [0.05, 0.1) is 12.8 Å². The van der Waals surface area contributed by atoms with Crippen molar-refractivity contribution in [2.24, 2.45) is 0 Å². The number of rotatable bonds is 7. The Balaban J connectivity index is 0.00000171. The third kappa shape index (κ3) is 6.02. The van der Waals surface area contributed by atoms with Crippen LogP contribution < -0.4 is 26.8 Å². The molecule has 0 amide bonds. The van der Waals surface area contributed by atoms with Gasteiger partial charge in [-0.1, -0.05) is 48.5 Å². The molecule has 31 heavy (non-hydrogen) atoms. The predicted molar refractivity (Wildman–Crippen MR) is 121 cm³/mol. The summed E-state index contributed by atoms with van der Waals surface area (Å²) in [7, 11) is 1.71. The van der Waals surface area contributed by atoms with Gasteiger partial charge in [-0.2, -0.15) is 0 Å². The first-order chi connectivity index (χ1) is 14.2. The second kappa shape index (κ2) is 11.8. The summed E-state index contributed by atoms with van der Waals surface area (Å²) in [4.78, 5) is 4.64. The van der Waals surface area contributed by atoms with Crippen LogP contribution in [0.25, 0.3) is 10.8 Å². The van der Waals surface area contributed by atoms with Gasteiger partial charge in [0.25, 0.3) is 0 Å². The molecular formula is C24H30ClN2O4-. The van der Waals surface area contributed by atoms with Crippen LogP contribution in [-0.4, -0.2) is 68.0 Å². The summed E-state index contributed by atoms with van der Waals surface area (Å²) in [6.07, 6.45) is -0.522. The Kier molecular flexibility index (Phi) is 9.40. The molecular weight excluding hydrogens is 416 g/mol. The highest BCUT2D eigenvalue weighted by molar-refractivity contribution is 5.88. The average molecular weight is 446 g/mol. The number of halogens is 1. The summed E-state index contributed by atoms with van der Waals surface area (Å²) in [5.74, 6) is 1.73. The molecule has 7 heteroatoms. The Morgan fingerprint density at radius 3 is 2.29 bits per heavy atom. The molecule has 0 aliphatic carbocycles. The SMILES string of the molecule is COc1ccccc1N1CCN(CC(O)COc2cccc3ccccc23)CC1.O.[Cl-]. The van der Waals surface area contributed by atoms with E-state index in [1.165, 1.54) is 0 Å². The summed E-state index contributed by atoms with van der Waals surface area (Å²) in [6, 6.07) is 22.3. The summed E-state index contributed by atoms with van der Waals surface area (Å²) < 4.78 is 11.4. The minimum Gasteiger partial charge on any atom is -1.00 e. The Labute approximate surface area is 189 Å². The number of hydrogen-bond donors (Lipinski definition) is 1. The van der Waals surface area contributed by atoms with E-state index in [1.807, 2.05) is 48.5 Å². The number of nitrogens with zero attached hydrogens (tertiary/aromatic N) is 2. The monoisotopic (exact) mass is 445 g/mol. The molecule has 0 spiro atoms. The van der Waals surface area contributed by atoms with Gasteiger partial charge < -0.3 is 37.4 Å². The summed E-state index contributed by atoms with van der Waals surface area (Å²) in [5.41, 5.74) is 1.13. The molecule has 6 nitrogen and oxygen atoms in total. The van der Waals surface area contributed by atoms with Crippen molar-refractivity contribution in [3.63, 3.8) is 0 Å². The Morgan fingerprint density at radius 2 is 1.52 bits per heavy atom. The average Bonchev–Trinajstić information content (AvgIpc) is 2.78. The lowest BCUT2D eigenvalue weighted by Gasteiger charge is -2.37. The molecule has 4 rings (SSSR count). The minimum atomic E-state index is -0.522. The number of para-hydroxylation sites is 2. The molecule has 1 fully saturated rings. The number of β-amino-alcohol motifs (C(OH)–C–C–N with tert-alkyl or cyclic N) is 1. The molecule has 1 unspecified atom stereocenters. The van der Waals surface area contributed by atoms with E-state index in [9.17, 15) is 5.11 Å². The highest BCUT2D eigenvalue weighted by Gasteiger charge is 2.21. The first-order valence-corrected chi connectivity index (χ1v) is 10.1. The van der Waals surface area contributed by atoms with Gasteiger partial charge in [0, 0.05) is 38.1 Å². The van der Waals surface area contributed by atoms with E-state index in [-0.39, 0.29) is 17.9 Å². The van der Waals surface area contributed by atoms with Crippen LogP contribution in [0.4, 0.5) is 5.69 Å². The van der Waals surface area contributed by atoms with Crippen LogP contribution in [0.15, 0.2) is 66.7 Å². The molecule has 0 aromatic heterocycles. The van der Waals surface area contributed by atoms with Crippen LogP contribution in [0.1, 0.15) is 0 Å². The fraction of sp³-hybridized carbons (Fsp3) is 0.333. The number of methoxy groups -OCH3 is 1. The van der Waals surface area contributed by atoms with Crippen LogP contribution in [0.5, 0.6) is 11.5 Å². The van der Waals surface area contributed by atoms with E-state index < -0.39 is 6.10 Å². The van der Waals surface area contributed by atoms with Crippen LogP contribution in [0.3, 0.4) is 0 Å². The highest BCUT2D eigenvalue weighted by Crippen LogP contribution is 2.28. The molecule has 1 atom stereocenters. The van der Waals surface area contributed by atoms with Crippen molar-refractivity contribution in [1.82, 2.24) is 4.90 Å². The van der Waals surface area contributed by atoms with Crippen molar-refractivity contribution < 1.29 is 32.5 Å². The molecule has 1 heterocycles. The van der Waals surface area contributed by atoms with Crippen molar-refractivity contribution >= 4 is 16.5 Å². The Hall–Kier alpha value is -2.51. The number of aliphatic hydroxyl groups is 1. The smallest absolute Gasteiger partial charge is 0.142 e. The van der Waals surface area contributed by atoms with Crippen molar-refractivity contribution in [3.8, 4) is 11.5 Å². The van der Waals surface area contributed by atoms with E-state index in [1.54, 1.807) is 7.11 Å². The number of aliphatic hydroxyl groups excluding tert-OH is 1. The lowest BCUT2D eigenvalue weighted by molar-refractivity contribution is -0.00000948. The molecule has 0 radical (unpaired) electrons. The molecule has 0 bridgehead atoms. The number of fused-ring (bicyclic) bond motifs is 1. The molecule has 0 saturated carbocycles. The van der Waals surface area contributed by atoms with Crippen molar-refractivity contribution in [1.29, 1.82) is 0 Å². The molecule has 3 aromatic carbocycles. The van der Waals surface area contributed by atoms with E-state index in [4.69, 9.17) is 9.47 Å². The molecule has 3 aromatic rings. The zero-order chi connectivity index (χ0) is 20.1. The van der Waals surface area contributed by atoms with Crippen molar-refractivity contribution in [2.45, 2.75) is 6.10 Å². The van der Waals surface area contributed by atoms with Gasteiger partial charge in [0.1, 0.15) is 24.2 Å². The summed E-state index contributed by atoms with van der Waals surface area (Å²) >= 11 is 0. The Bertz CT molecular complexity index is 942. The molecule has 168 valence electrons. The number of hydrogen-bond acceptors (Lipinski definition) is 5. The van der Waals surface area contributed by atoms with Crippen LogP contribution >= 0.6 is 0 Å². The fourth-order valence-electron chi connectivity index (χ4n) is 3.92. The van der Waals surface area contributed by atoms with Gasteiger partial charge >= 0.3 is 0 Å². The first kappa shape index (κ1) is 24.8. The Morgan fingerprint density at radius 1 is 0.871 bits per heavy atom. The van der Waals surface area contributed by atoms with Crippen molar-refractivity contribution in [2.75, 3.05) is 51.3 Å². The molecule has 3 N–H and O–H groups in total. The van der Waals surface area contributed by atoms with E-state index in [2.05, 4.69) is 28.0 Å². The topological polar surface area (TPSA) is 76.7 Å². The predicted octanol–water partition coefficient (Wildman–Crippen LogP) is -0.410. The lowest BCUT2D eigenvalue weighted by atomic mass is 10.1. The highest BCUT2D eigenvalue weighted by atomic mass is 35.5. The first-order valence-electron chi connectivity index (χ1n) is 10.1. The summed E-state index contributed by atoms with van der Waals surface area (Å²) in [6.45, 7) is 4.55. The summed E-state index contributed by atoms with van der Waals surface area (Å²) in [5, 5.41) is 12.7. The largest absolute Gasteiger partial charge is 1.00 e. The van der Waals surface area contributed by atoms with Gasteiger partial charge in [0.15, 0.2) is 0 Å². The minimum absolute atomic E-state index is 0. The normalized spacial score (nSPS) is 15.0. The zero-order valence-corrected chi connectivity index (χ0v) is 18.5. The third-order valence-corrected chi connectivity index (χ3v) is 5.45.